The summed E-state index contributed by atoms with van der Waals surface area (Å²) in [6.07, 6.45) is 1.93. The Hall–Kier alpha value is -3.10. The zero-order chi connectivity index (χ0) is 19.8. The third-order valence-corrected chi connectivity index (χ3v) is 4.64. The van der Waals surface area contributed by atoms with Crippen LogP contribution in [-0.4, -0.2) is 28.3 Å². The van der Waals surface area contributed by atoms with Crippen LogP contribution in [0.2, 0.25) is 0 Å². The molecule has 1 fully saturated rings. The molecule has 9 heteroatoms. The first-order chi connectivity index (χ1) is 13.5. The zero-order valence-electron chi connectivity index (χ0n) is 14.5. The summed E-state index contributed by atoms with van der Waals surface area (Å²) in [4.78, 5) is 17.7. The van der Waals surface area contributed by atoms with Crippen molar-refractivity contribution >= 4 is 17.2 Å². The number of imidazole rings is 1. The molecule has 1 aliphatic heterocycles. The minimum Gasteiger partial charge on any atom is -0.490 e. The van der Waals surface area contributed by atoms with E-state index in [9.17, 15) is 22.4 Å². The van der Waals surface area contributed by atoms with Gasteiger partial charge in [0, 0.05) is 42.3 Å². The molecule has 3 heterocycles. The van der Waals surface area contributed by atoms with Crippen LogP contribution in [0.1, 0.15) is 24.4 Å². The average molecular weight is 393 g/mol. The minimum absolute atomic E-state index is 0.00141. The number of hydrogen-bond donors (Lipinski definition) is 0. The zero-order valence-corrected chi connectivity index (χ0v) is 14.5. The Morgan fingerprint density at radius 1 is 1.18 bits per heavy atom. The van der Waals surface area contributed by atoms with Crippen LogP contribution in [0.5, 0.6) is 5.75 Å². The second-order valence-corrected chi connectivity index (χ2v) is 6.37. The summed E-state index contributed by atoms with van der Waals surface area (Å²) >= 11 is 0. The number of aromatic nitrogens is 2. The molecule has 2 aromatic heterocycles. The summed E-state index contributed by atoms with van der Waals surface area (Å²) < 4.78 is 59.9. The third kappa shape index (κ3) is 3.17. The average Bonchev–Trinajstić information content (AvgIpc) is 3.11. The molecular formula is C19H15F4N3O2. The van der Waals surface area contributed by atoms with Crippen molar-refractivity contribution in [2.24, 2.45) is 0 Å². The molecule has 0 aliphatic carbocycles. The van der Waals surface area contributed by atoms with E-state index in [1.807, 2.05) is 0 Å². The van der Waals surface area contributed by atoms with Gasteiger partial charge >= 0.3 is 0 Å². The molecule has 5 nitrogen and oxygen atoms in total. The van der Waals surface area contributed by atoms with Gasteiger partial charge in [-0.15, -0.1) is 0 Å². The van der Waals surface area contributed by atoms with Crippen molar-refractivity contribution in [3.63, 3.8) is 0 Å². The first-order valence-electron chi connectivity index (χ1n) is 8.59. The standard InChI is InChI=1S/C19H15F4N3O2/c20-15(21)4-8-28-14-2-1-12(18(22)19(14)23)13-10-17(27)26(13)11-3-6-25-7-5-24-16(25)9-11/h1-3,5-7,9,13,15H,4,8,10H2. The van der Waals surface area contributed by atoms with Gasteiger partial charge < -0.3 is 14.0 Å². The number of anilines is 1. The largest absolute Gasteiger partial charge is 0.490 e. The Kier molecular flexibility index (Phi) is 4.66. The normalized spacial score (nSPS) is 16.7. The predicted molar refractivity (Wildman–Crippen MR) is 92.5 cm³/mol. The number of hydrogen-bond acceptors (Lipinski definition) is 3. The van der Waals surface area contributed by atoms with Crippen molar-refractivity contribution in [3.05, 3.63) is 60.1 Å². The Bertz CT molecular complexity index is 1040. The number of carbonyl (C=O) groups excluding carboxylic acids is 1. The van der Waals surface area contributed by atoms with Gasteiger partial charge in [-0.05, 0) is 12.1 Å². The summed E-state index contributed by atoms with van der Waals surface area (Å²) in [6, 6.07) is 5.20. The van der Waals surface area contributed by atoms with Crippen LogP contribution < -0.4 is 9.64 Å². The SMILES string of the molecule is O=C1CC(c2ccc(OCCC(F)F)c(F)c2F)N1c1ccn2ccnc2c1. The predicted octanol–water partition coefficient (Wildman–Crippen LogP) is 4.12. The molecule has 0 spiro atoms. The number of amides is 1. The van der Waals surface area contributed by atoms with Crippen molar-refractivity contribution in [1.29, 1.82) is 0 Å². The molecular weight excluding hydrogens is 378 g/mol. The fraction of sp³-hybridized carbons (Fsp3) is 0.263. The van der Waals surface area contributed by atoms with Gasteiger partial charge in [0.15, 0.2) is 11.6 Å². The number of ether oxygens (including phenoxy) is 1. The van der Waals surface area contributed by atoms with Crippen LogP contribution in [0.25, 0.3) is 5.65 Å². The smallest absolute Gasteiger partial charge is 0.241 e. The van der Waals surface area contributed by atoms with Gasteiger partial charge in [-0.2, -0.15) is 4.39 Å². The van der Waals surface area contributed by atoms with E-state index in [1.165, 1.54) is 17.0 Å². The van der Waals surface area contributed by atoms with E-state index >= 15 is 0 Å². The van der Waals surface area contributed by atoms with Gasteiger partial charge in [0.05, 0.1) is 19.1 Å². The number of carbonyl (C=O) groups is 1. The van der Waals surface area contributed by atoms with Gasteiger partial charge in [-0.1, -0.05) is 6.07 Å². The lowest BCUT2D eigenvalue weighted by atomic mass is 9.92. The third-order valence-electron chi connectivity index (χ3n) is 4.64. The highest BCUT2D eigenvalue weighted by Crippen LogP contribution is 2.41. The number of pyridine rings is 1. The molecule has 1 saturated heterocycles. The molecule has 4 rings (SSSR count). The van der Waals surface area contributed by atoms with E-state index < -0.39 is 42.9 Å². The fourth-order valence-corrected chi connectivity index (χ4v) is 3.21. The Morgan fingerprint density at radius 3 is 2.75 bits per heavy atom. The van der Waals surface area contributed by atoms with Gasteiger partial charge in [0.1, 0.15) is 5.65 Å². The summed E-state index contributed by atoms with van der Waals surface area (Å²) in [7, 11) is 0. The maximum atomic E-state index is 14.6. The summed E-state index contributed by atoms with van der Waals surface area (Å²) in [5, 5.41) is 0. The Balaban J connectivity index is 1.59. The van der Waals surface area contributed by atoms with Crippen molar-refractivity contribution < 1.29 is 27.1 Å². The van der Waals surface area contributed by atoms with Gasteiger partial charge in [-0.25, -0.2) is 18.2 Å². The number of β-lactam (4-membered cyclic amide) rings is 1. The van der Waals surface area contributed by atoms with Gasteiger partial charge in [-0.3, -0.25) is 4.79 Å². The van der Waals surface area contributed by atoms with Crippen LogP contribution in [0, 0.1) is 11.6 Å². The fourth-order valence-electron chi connectivity index (χ4n) is 3.21. The van der Waals surface area contributed by atoms with E-state index in [1.54, 1.807) is 35.1 Å². The van der Waals surface area contributed by atoms with Crippen LogP contribution >= 0.6 is 0 Å². The van der Waals surface area contributed by atoms with Crippen molar-refractivity contribution in [3.8, 4) is 5.75 Å². The lowest BCUT2D eigenvalue weighted by Gasteiger charge is -2.40. The van der Waals surface area contributed by atoms with Crippen LogP contribution in [0.3, 0.4) is 0 Å². The number of rotatable bonds is 6. The lowest BCUT2D eigenvalue weighted by molar-refractivity contribution is -0.124. The topological polar surface area (TPSA) is 46.8 Å². The molecule has 1 aromatic carbocycles. The molecule has 28 heavy (non-hydrogen) atoms. The van der Waals surface area contributed by atoms with Crippen LogP contribution in [-0.2, 0) is 4.79 Å². The number of fused-ring (bicyclic) bond motifs is 1. The number of halogens is 4. The second-order valence-electron chi connectivity index (χ2n) is 6.37. The van der Waals surface area contributed by atoms with E-state index in [0.29, 0.717) is 11.3 Å². The van der Waals surface area contributed by atoms with E-state index in [4.69, 9.17) is 4.74 Å². The molecule has 1 amide bonds. The molecule has 146 valence electrons. The summed E-state index contributed by atoms with van der Waals surface area (Å²) in [6.45, 7) is -0.425. The number of alkyl halides is 2. The van der Waals surface area contributed by atoms with Gasteiger partial charge in [0.2, 0.25) is 18.1 Å². The monoisotopic (exact) mass is 393 g/mol. The van der Waals surface area contributed by atoms with Crippen LogP contribution in [0.4, 0.5) is 23.2 Å². The molecule has 0 radical (unpaired) electrons. The van der Waals surface area contributed by atoms with Crippen molar-refractivity contribution in [2.45, 2.75) is 25.3 Å². The van der Waals surface area contributed by atoms with Crippen molar-refractivity contribution in [2.75, 3.05) is 11.5 Å². The van der Waals surface area contributed by atoms with Crippen molar-refractivity contribution in [1.82, 2.24) is 9.38 Å². The number of benzene rings is 1. The highest BCUT2D eigenvalue weighted by atomic mass is 19.3. The molecule has 0 N–H and O–H groups in total. The maximum Gasteiger partial charge on any atom is 0.241 e. The van der Waals surface area contributed by atoms with Gasteiger partial charge in [0.25, 0.3) is 0 Å². The number of nitrogens with zero attached hydrogens (tertiary/aromatic N) is 3. The first-order valence-corrected chi connectivity index (χ1v) is 8.59. The summed E-state index contributed by atoms with van der Waals surface area (Å²) in [5.41, 5.74) is 1.14. The van der Waals surface area contributed by atoms with E-state index in [2.05, 4.69) is 4.98 Å². The molecule has 3 aromatic rings. The second kappa shape index (κ2) is 7.14. The quantitative estimate of drug-likeness (QED) is 0.468. The molecule has 1 unspecified atom stereocenters. The Labute approximate surface area is 157 Å². The first kappa shape index (κ1) is 18.3. The maximum absolute atomic E-state index is 14.6. The highest BCUT2D eigenvalue weighted by molar-refractivity contribution is 6.01. The molecule has 0 bridgehead atoms. The molecule has 0 saturated carbocycles. The van der Waals surface area contributed by atoms with E-state index in [-0.39, 0.29) is 17.9 Å². The minimum atomic E-state index is -2.59. The molecule has 1 atom stereocenters. The Morgan fingerprint density at radius 2 is 2.00 bits per heavy atom. The summed E-state index contributed by atoms with van der Waals surface area (Å²) in [5.74, 6) is -3.07. The van der Waals surface area contributed by atoms with Crippen LogP contribution in [0.15, 0.2) is 42.9 Å². The van der Waals surface area contributed by atoms with E-state index in [0.717, 1.165) is 0 Å². The molecule has 1 aliphatic rings. The highest BCUT2D eigenvalue weighted by Gasteiger charge is 2.40. The lowest BCUT2D eigenvalue weighted by Crippen LogP contribution is -2.47.